The van der Waals surface area contributed by atoms with E-state index < -0.39 is 0 Å². The highest BCUT2D eigenvalue weighted by Gasteiger charge is 2.31. The zero-order chi connectivity index (χ0) is 16.4. The fraction of sp³-hybridized carbons (Fsp3) is 0.421. The van der Waals surface area contributed by atoms with Gasteiger partial charge >= 0.3 is 0 Å². The number of rotatable bonds is 2. The predicted molar refractivity (Wildman–Crippen MR) is 92.5 cm³/mol. The number of carbonyl (C=O) groups is 1. The summed E-state index contributed by atoms with van der Waals surface area (Å²) in [6, 6.07) is 10.3. The van der Waals surface area contributed by atoms with Crippen LogP contribution in [-0.4, -0.2) is 40.4 Å². The SMILES string of the molecule is O=C(C1CCCN(c2ncccn2)C1)N1CCc2ccccc2C1. The molecule has 0 N–H and O–H groups in total. The topological polar surface area (TPSA) is 49.3 Å². The molecule has 3 heterocycles. The Hall–Kier alpha value is -2.43. The number of aromatic nitrogens is 2. The van der Waals surface area contributed by atoms with Crippen LogP contribution in [0.15, 0.2) is 42.7 Å². The molecular weight excluding hydrogens is 300 g/mol. The predicted octanol–water partition coefficient (Wildman–Crippen LogP) is 2.28. The van der Waals surface area contributed by atoms with Gasteiger partial charge in [0.25, 0.3) is 0 Å². The van der Waals surface area contributed by atoms with Gasteiger partial charge in [-0.2, -0.15) is 0 Å². The van der Waals surface area contributed by atoms with Gasteiger partial charge in [-0.15, -0.1) is 0 Å². The number of benzene rings is 1. The highest BCUT2D eigenvalue weighted by Crippen LogP contribution is 2.25. The third kappa shape index (κ3) is 2.98. The molecule has 0 saturated carbocycles. The van der Waals surface area contributed by atoms with Crippen LogP contribution in [0.4, 0.5) is 5.95 Å². The summed E-state index contributed by atoms with van der Waals surface area (Å²) in [5.41, 5.74) is 2.67. The lowest BCUT2D eigenvalue weighted by atomic mass is 9.94. The minimum absolute atomic E-state index is 0.0489. The smallest absolute Gasteiger partial charge is 0.227 e. The lowest BCUT2D eigenvalue weighted by molar-refractivity contribution is -0.136. The maximum atomic E-state index is 13.0. The second-order valence-corrected chi connectivity index (χ2v) is 6.61. The first-order chi connectivity index (χ1) is 11.8. The first kappa shape index (κ1) is 15.1. The molecule has 1 atom stereocenters. The van der Waals surface area contributed by atoms with Crippen molar-refractivity contribution in [2.24, 2.45) is 5.92 Å². The van der Waals surface area contributed by atoms with E-state index >= 15 is 0 Å². The van der Waals surface area contributed by atoms with Crippen LogP contribution in [0, 0.1) is 5.92 Å². The summed E-state index contributed by atoms with van der Waals surface area (Å²) in [6.07, 6.45) is 6.45. The average Bonchev–Trinajstić information content (AvgIpc) is 2.68. The van der Waals surface area contributed by atoms with Crippen LogP contribution >= 0.6 is 0 Å². The van der Waals surface area contributed by atoms with Crippen molar-refractivity contribution in [3.8, 4) is 0 Å². The fourth-order valence-electron chi connectivity index (χ4n) is 3.76. The minimum atomic E-state index is 0.0489. The Bertz CT molecular complexity index is 718. The van der Waals surface area contributed by atoms with Crippen LogP contribution in [0.3, 0.4) is 0 Å². The third-order valence-electron chi connectivity index (χ3n) is 5.05. The molecule has 0 spiro atoms. The van der Waals surface area contributed by atoms with Crippen LogP contribution in [-0.2, 0) is 17.8 Å². The summed E-state index contributed by atoms with van der Waals surface area (Å²) in [4.78, 5) is 25.8. The summed E-state index contributed by atoms with van der Waals surface area (Å²) in [6.45, 7) is 3.22. The largest absolute Gasteiger partial charge is 0.340 e. The Morgan fingerprint density at radius 3 is 2.67 bits per heavy atom. The lowest BCUT2D eigenvalue weighted by Crippen LogP contribution is -2.46. The Labute approximate surface area is 142 Å². The first-order valence-electron chi connectivity index (χ1n) is 8.69. The van der Waals surface area contributed by atoms with Gasteiger partial charge in [0.05, 0.1) is 5.92 Å². The number of anilines is 1. The quantitative estimate of drug-likeness (QED) is 0.851. The highest BCUT2D eigenvalue weighted by molar-refractivity contribution is 5.80. The number of fused-ring (bicyclic) bond motifs is 1. The van der Waals surface area contributed by atoms with E-state index in [9.17, 15) is 4.79 Å². The summed E-state index contributed by atoms with van der Waals surface area (Å²) < 4.78 is 0. The first-order valence-corrected chi connectivity index (χ1v) is 8.69. The van der Waals surface area contributed by atoms with Crippen LogP contribution < -0.4 is 4.90 Å². The van der Waals surface area contributed by atoms with Gasteiger partial charge in [-0.25, -0.2) is 9.97 Å². The van der Waals surface area contributed by atoms with Gasteiger partial charge in [0.2, 0.25) is 11.9 Å². The van der Waals surface area contributed by atoms with Crippen LogP contribution in [0.2, 0.25) is 0 Å². The van der Waals surface area contributed by atoms with Gasteiger partial charge in [0, 0.05) is 38.6 Å². The molecule has 0 radical (unpaired) electrons. The highest BCUT2D eigenvalue weighted by atomic mass is 16.2. The van der Waals surface area contributed by atoms with Gasteiger partial charge in [-0.3, -0.25) is 4.79 Å². The van der Waals surface area contributed by atoms with Gasteiger partial charge in [0.1, 0.15) is 0 Å². The van der Waals surface area contributed by atoms with Crippen molar-refractivity contribution in [1.82, 2.24) is 14.9 Å². The third-order valence-corrected chi connectivity index (χ3v) is 5.05. The van der Waals surface area contributed by atoms with Crippen molar-refractivity contribution in [1.29, 1.82) is 0 Å². The lowest BCUT2D eigenvalue weighted by Gasteiger charge is -2.36. The fourth-order valence-corrected chi connectivity index (χ4v) is 3.76. The van der Waals surface area contributed by atoms with Crippen LogP contribution in [0.1, 0.15) is 24.0 Å². The number of nitrogens with zero attached hydrogens (tertiary/aromatic N) is 4. The molecule has 124 valence electrons. The van der Waals surface area contributed by atoms with Gasteiger partial charge in [-0.05, 0) is 36.5 Å². The van der Waals surface area contributed by atoms with Crippen LogP contribution in [0.5, 0.6) is 0 Å². The molecule has 2 aliphatic heterocycles. The Morgan fingerprint density at radius 2 is 1.83 bits per heavy atom. The Morgan fingerprint density at radius 1 is 1.04 bits per heavy atom. The summed E-state index contributed by atoms with van der Waals surface area (Å²) in [5.74, 6) is 1.07. The van der Waals surface area contributed by atoms with E-state index in [1.54, 1.807) is 12.4 Å². The molecule has 2 aliphatic rings. The van der Waals surface area contributed by atoms with E-state index in [2.05, 4.69) is 39.1 Å². The molecule has 0 bridgehead atoms. The zero-order valence-corrected chi connectivity index (χ0v) is 13.8. The molecule has 5 nitrogen and oxygen atoms in total. The second-order valence-electron chi connectivity index (χ2n) is 6.61. The molecule has 1 aromatic heterocycles. The molecular formula is C19H22N4O. The van der Waals surface area contributed by atoms with Gasteiger partial charge in [0.15, 0.2) is 0 Å². The van der Waals surface area contributed by atoms with E-state index in [1.165, 1.54) is 11.1 Å². The summed E-state index contributed by atoms with van der Waals surface area (Å²) in [5, 5.41) is 0. The molecule has 1 fully saturated rings. The number of piperidine rings is 1. The monoisotopic (exact) mass is 322 g/mol. The maximum Gasteiger partial charge on any atom is 0.227 e. The molecule has 1 aromatic carbocycles. The van der Waals surface area contributed by atoms with Crippen molar-refractivity contribution < 1.29 is 4.79 Å². The number of hydrogen-bond donors (Lipinski definition) is 0. The standard InChI is InChI=1S/C19H22N4O/c24-18(22-12-8-15-5-1-2-6-16(15)13-22)17-7-3-11-23(14-17)19-20-9-4-10-21-19/h1-2,4-6,9-10,17H,3,7-8,11-14H2. The Kier molecular flexibility index (Phi) is 4.15. The van der Waals surface area contributed by atoms with Crippen molar-refractivity contribution in [2.45, 2.75) is 25.8 Å². The molecule has 1 amide bonds. The number of amides is 1. The Balaban J connectivity index is 1.45. The van der Waals surface area contributed by atoms with E-state index in [0.29, 0.717) is 0 Å². The van der Waals surface area contributed by atoms with E-state index in [4.69, 9.17) is 0 Å². The molecule has 24 heavy (non-hydrogen) atoms. The summed E-state index contributed by atoms with van der Waals surface area (Å²) >= 11 is 0. The molecule has 0 aliphatic carbocycles. The van der Waals surface area contributed by atoms with Crippen LogP contribution in [0.25, 0.3) is 0 Å². The van der Waals surface area contributed by atoms with E-state index in [0.717, 1.165) is 51.4 Å². The normalized spacial score (nSPS) is 20.6. The van der Waals surface area contributed by atoms with E-state index in [1.807, 2.05) is 11.0 Å². The molecule has 5 heteroatoms. The van der Waals surface area contributed by atoms with Gasteiger partial charge < -0.3 is 9.80 Å². The van der Waals surface area contributed by atoms with Crippen molar-refractivity contribution in [2.75, 3.05) is 24.5 Å². The average molecular weight is 322 g/mol. The van der Waals surface area contributed by atoms with Gasteiger partial charge in [-0.1, -0.05) is 24.3 Å². The number of carbonyl (C=O) groups excluding carboxylic acids is 1. The molecule has 1 saturated heterocycles. The maximum absolute atomic E-state index is 13.0. The van der Waals surface area contributed by atoms with Crippen molar-refractivity contribution in [3.63, 3.8) is 0 Å². The zero-order valence-electron chi connectivity index (χ0n) is 13.8. The molecule has 2 aromatic rings. The van der Waals surface area contributed by atoms with Crippen molar-refractivity contribution in [3.05, 3.63) is 53.9 Å². The van der Waals surface area contributed by atoms with Crippen molar-refractivity contribution >= 4 is 11.9 Å². The second kappa shape index (κ2) is 6.59. The number of hydrogen-bond acceptors (Lipinski definition) is 4. The minimum Gasteiger partial charge on any atom is -0.340 e. The molecule has 1 unspecified atom stereocenters. The molecule has 4 rings (SSSR count). The summed E-state index contributed by atoms with van der Waals surface area (Å²) in [7, 11) is 0. The van der Waals surface area contributed by atoms with E-state index in [-0.39, 0.29) is 11.8 Å².